The maximum atomic E-state index is 12.0. The molecule has 1 aromatic rings. The van der Waals surface area contributed by atoms with Crippen LogP contribution < -0.4 is 10.0 Å². The highest BCUT2D eigenvalue weighted by Crippen LogP contribution is 2.13. The van der Waals surface area contributed by atoms with Crippen LogP contribution in [0.15, 0.2) is 29.2 Å². The predicted molar refractivity (Wildman–Crippen MR) is 74.3 cm³/mol. The van der Waals surface area contributed by atoms with Gasteiger partial charge in [0.05, 0.1) is 4.90 Å². The Kier molecular flexibility index (Phi) is 5.98. The Morgan fingerprint density at radius 1 is 1.21 bits per heavy atom. The lowest BCUT2D eigenvalue weighted by Gasteiger charge is -2.09. The van der Waals surface area contributed by atoms with Crippen LogP contribution in [0.2, 0.25) is 0 Å². The van der Waals surface area contributed by atoms with Gasteiger partial charge in [-0.2, -0.15) is 0 Å². The molecule has 0 atom stereocenters. The fraction of sp³-hybridized carbons (Fsp3) is 0.462. The van der Waals surface area contributed by atoms with Gasteiger partial charge in [-0.15, -0.1) is 0 Å². The zero-order valence-electron chi connectivity index (χ0n) is 11.3. The topological polar surface area (TPSA) is 75.3 Å². The lowest BCUT2D eigenvalue weighted by Crippen LogP contribution is -2.31. The van der Waals surface area contributed by atoms with E-state index in [1.807, 2.05) is 6.92 Å². The first-order chi connectivity index (χ1) is 8.97. The van der Waals surface area contributed by atoms with E-state index >= 15 is 0 Å². The Bertz CT molecular complexity index is 526. The van der Waals surface area contributed by atoms with Crippen LogP contribution in [0.4, 0.5) is 0 Å². The van der Waals surface area contributed by atoms with Gasteiger partial charge in [-0.3, -0.25) is 4.79 Å². The third-order valence-corrected chi connectivity index (χ3v) is 4.22. The minimum atomic E-state index is -3.54. The summed E-state index contributed by atoms with van der Waals surface area (Å²) in [4.78, 5) is 11.6. The highest BCUT2D eigenvalue weighted by Gasteiger charge is 2.15. The van der Waals surface area contributed by atoms with Crippen LogP contribution in [0.3, 0.4) is 0 Å². The van der Waals surface area contributed by atoms with Crippen molar-refractivity contribution in [2.45, 2.75) is 31.6 Å². The monoisotopic (exact) mass is 284 g/mol. The average molecular weight is 284 g/mol. The van der Waals surface area contributed by atoms with Gasteiger partial charge in [0, 0.05) is 19.5 Å². The van der Waals surface area contributed by atoms with Crippen molar-refractivity contribution in [1.82, 2.24) is 10.0 Å². The Labute approximate surface area is 114 Å². The number of nitrogens with one attached hydrogen (secondary N) is 2. The average Bonchev–Trinajstić information content (AvgIpc) is 2.36. The number of hydrogen-bond donors (Lipinski definition) is 2. The number of hydrogen-bond acceptors (Lipinski definition) is 3. The van der Waals surface area contributed by atoms with Crippen LogP contribution in [0.1, 0.15) is 25.3 Å². The van der Waals surface area contributed by atoms with Crippen molar-refractivity contribution in [3.8, 4) is 0 Å². The molecule has 0 radical (unpaired) electrons. The molecule has 0 bridgehead atoms. The van der Waals surface area contributed by atoms with Gasteiger partial charge in [0.1, 0.15) is 0 Å². The summed E-state index contributed by atoms with van der Waals surface area (Å²) in [5.74, 6) is -0.144. The van der Waals surface area contributed by atoms with Gasteiger partial charge in [0.15, 0.2) is 0 Å². The fourth-order valence-electron chi connectivity index (χ4n) is 1.59. The molecule has 6 heteroatoms. The van der Waals surface area contributed by atoms with E-state index in [2.05, 4.69) is 10.0 Å². The van der Waals surface area contributed by atoms with Gasteiger partial charge in [0.2, 0.25) is 15.9 Å². The molecule has 0 fully saturated rings. The summed E-state index contributed by atoms with van der Waals surface area (Å²) in [6.45, 7) is 4.42. The summed E-state index contributed by atoms with van der Waals surface area (Å²) >= 11 is 0. The Hall–Kier alpha value is -1.40. The quantitative estimate of drug-likeness (QED) is 0.789. The normalized spacial score (nSPS) is 11.3. The number of amides is 1. The first-order valence-electron chi connectivity index (χ1n) is 6.29. The van der Waals surface area contributed by atoms with Gasteiger partial charge in [-0.1, -0.05) is 25.1 Å². The van der Waals surface area contributed by atoms with Gasteiger partial charge >= 0.3 is 0 Å². The first kappa shape index (κ1) is 15.7. The standard InChI is InChI=1S/C13H20N2O3S/c1-3-9-14-13(16)8-10-15-19(17,18)12-7-5-4-6-11(12)2/h4-7,15H,3,8-10H2,1-2H3,(H,14,16). The Morgan fingerprint density at radius 2 is 1.89 bits per heavy atom. The summed E-state index contributed by atoms with van der Waals surface area (Å²) in [5, 5.41) is 2.70. The summed E-state index contributed by atoms with van der Waals surface area (Å²) in [7, 11) is -3.54. The van der Waals surface area contributed by atoms with Crippen LogP contribution in [-0.2, 0) is 14.8 Å². The minimum Gasteiger partial charge on any atom is -0.356 e. The highest BCUT2D eigenvalue weighted by atomic mass is 32.2. The second-order valence-corrected chi connectivity index (χ2v) is 6.00. The number of benzene rings is 1. The molecule has 0 aliphatic carbocycles. The lowest BCUT2D eigenvalue weighted by atomic mass is 10.2. The molecule has 0 heterocycles. The fourth-order valence-corrected chi connectivity index (χ4v) is 2.86. The molecule has 0 aliphatic heterocycles. The van der Waals surface area contributed by atoms with E-state index in [0.717, 1.165) is 6.42 Å². The van der Waals surface area contributed by atoms with Crippen molar-refractivity contribution in [2.24, 2.45) is 0 Å². The number of carbonyl (C=O) groups is 1. The molecule has 1 rings (SSSR count). The summed E-state index contributed by atoms with van der Waals surface area (Å²) in [5.41, 5.74) is 0.686. The molecule has 19 heavy (non-hydrogen) atoms. The maximum Gasteiger partial charge on any atom is 0.240 e. The summed E-state index contributed by atoms with van der Waals surface area (Å²) in [6, 6.07) is 6.75. The van der Waals surface area contributed by atoms with Crippen molar-refractivity contribution >= 4 is 15.9 Å². The molecule has 5 nitrogen and oxygen atoms in total. The zero-order chi connectivity index (χ0) is 14.3. The molecule has 0 saturated carbocycles. The van der Waals surface area contributed by atoms with Gasteiger partial charge in [-0.05, 0) is 25.0 Å². The largest absolute Gasteiger partial charge is 0.356 e. The Morgan fingerprint density at radius 3 is 2.53 bits per heavy atom. The molecule has 0 saturated heterocycles. The van der Waals surface area contributed by atoms with Gasteiger partial charge < -0.3 is 5.32 Å². The van der Waals surface area contributed by atoms with E-state index in [0.29, 0.717) is 12.1 Å². The predicted octanol–water partition coefficient (Wildman–Crippen LogP) is 1.19. The van der Waals surface area contributed by atoms with Crippen molar-refractivity contribution in [2.75, 3.05) is 13.1 Å². The second kappa shape index (κ2) is 7.25. The molecular formula is C13H20N2O3S. The molecule has 1 aromatic carbocycles. The molecule has 106 valence electrons. The molecule has 0 spiro atoms. The number of aryl methyl sites for hydroxylation is 1. The van der Waals surface area contributed by atoms with Crippen LogP contribution >= 0.6 is 0 Å². The van der Waals surface area contributed by atoms with Crippen molar-refractivity contribution < 1.29 is 13.2 Å². The van der Waals surface area contributed by atoms with Crippen LogP contribution in [-0.4, -0.2) is 27.4 Å². The smallest absolute Gasteiger partial charge is 0.240 e. The number of rotatable bonds is 7. The number of sulfonamides is 1. The van der Waals surface area contributed by atoms with Crippen molar-refractivity contribution in [3.63, 3.8) is 0 Å². The lowest BCUT2D eigenvalue weighted by molar-refractivity contribution is -0.120. The SMILES string of the molecule is CCCNC(=O)CCNS(=O)(=O)c1ccccc1C. The molecule has 0 aliphatic rings. The van der Waals surface area contributed by atoms with E-state index in [-0.39, 0.29) is 23.8 Å². The molecule has 1 amide bonds. The minimum absolute atomic E-state index is 0.103. The highest BCUT2D eigenvalue weighted by molar-refractivity contribution is 7.89. The summed E-state index contributed by atoms with van der Waals surface area (Å²) in [6.07, 6.45) is 1.01. The first-order valence-corrected chi connectivity index (χ1v) is 7.77. The molecule has 0 unspecified atom stereocenters. The third kappa shape index (κ3) is 5.00. The number of carbonyl (C=O) groups excluding carboxylic acids is 1. The van der Waals surface area contributed by atoms with Gasteiger partial charge in [0.25, 0.3) is 0 Å². The van der Waals surface area contributed by atoms with Gasteiger partial charge in [-0.25, -0.2) is 13.1 Å². The van der Waals surface area contributed by atoms with Crippen molar-refractivity contribution in [1.29, 1.82) is 0 Å². The van der Waals surface area contributed by atoms with E-state index in [4.69, 9.17) is 0 Å². The third-order valence-electron chi connectivity index (χ3n) is 2.60. The molecule has 0 aromatic heterocycles. The van der Waals surface area contributed by atoms with E-state index in [9.17, 15) is 13.2 Å². The second-order valence-electron chi connectivity index (χ2n) is 4.26. The van der Waals surface area contributed by atoms with E-state index in [1.165, 1.54) is 0 Å². The molecular weight excluding hydrogens is 264 g/mol. The maximum absolute atomic E-state index is 12.0. The van der Waals surface area contributed by atoms with Crippen molar-refractivity contribution in [3.05, 3.63) is 29.8 Å². The molecule has 2 N–H and O–H groups in total. The summed E-state index contributed by atoms with van der Waals surface area (Å²) < 4.78 is 26.4. The van der Waals surface area contributed by atoms with Crippen LogP contribution in [0.5, 0.6) is 0 Å². The van der Waals surface area contributed by atoms with Crippen LogP contribution in [0.25, 0.3) is 0 Å². The van der Waals surface area contributed by atoms with Crippen LogP contribution in [0, 0.1) is 6.92 Å². The Balaban J connectivity index is 2.53. The zero-order valence-corrected chi connectivity index (χ0v) is 12.1. The van der Waals surface area contributed by atoms with E-state index in [1.54, 1.807) is 31.2 Å². The van der Waals surface area contributed by atoms with E-state index < -0.39 is 10.0 Å².